The fourth-order valence-electron chi connectivity index (χ4n) is 2.40. The van der Waals surface area contributed by atoms with E-state index in [4.69, 9.17) is 0 Å². The van der Waals surface area contributed by atoms with Crippen molar-refractivity contribution in [1.82, 2.24) is 5.32 Å². The van der Waals surface area contributed by atoms with Crippen LogP contribution in [0.25, 0.3) is 0 Å². The predicted octanol–water partition coefficient (Wildman–Crippen LogP) is 3.56. The third kappa shape index (κ3) is 3.04. The van der Waals surface area contributed by atoms with E-state index in [0.717, 1.165) is 36.9 Å². The molecule has 1 N–H and O–H groups in total. The SMILES string of the molecule is CCC1(C)CN(c2ccc(Br)cc2F)CCCN1. The predicted molar refractivity (Wildman–Crippen MR) is 77.6 cm³/mol. The Labute approximate surface area is 117 Å². The molecule has 1 heterocycles. The van der Waals surface area contributed by atoms with E-state index < -0.39 is 0 Å². The van der Waals surface area contributed by atoms with E-state index in [1.165, 1.54) is 6.07 Å². The lowest BCUT2D eigenvalue weighted by molar-refractivity contribution is 0.366. The average Bonchev–Trinajstić information content (AvgIpc) is 2.52. The molecule has 0 saturated carbocycles. The number of nitrogens with one attached hydrogen (secondary N) is 1. The molecule has 1 fully saturated rings. The molecule has 1 saturated heterocycles. The van der Waals surface area contributed by atoms with Crippen molar-refractivity contribution in [3.63, 3.8) is 0 Å². The van der Waals surface area contributed by atoms with Gasteiger partial charge in [-0.25, -0.2) is 4.39 Å². The van der Waals surface area contributed by atoms with Crippen molar-refractivity contribution in [3.8, 4) is 0 Å². The van der Waals surface area contributed by atoms with E-state index in [0.29, 0.717) is 5.69 Å². The molecule has 0 aromatic heterocycles. The van der Waals surface area contributed by atoms with Gasteiger partial charge in [0, 0.05) is 23.1 Å². The quantitative estimate of drug-likeness (QED) is 0.898. The largest absolute Gasteiger partial charge is 0.367 e. The van der Waals surface area contributed by atoms with Crippen LogP contribution in [-0.2, 0) is 0 Å². The van der Waals surface area contributed by atoms with Gasteiger partial charge in [-0.15, -0.1) is 0 Å². The lowest BCUT2D eigenvalue weighted by Gasteiger charge is -2.34. The van der Waals surface area contributed by atoms with Crippen molar-refractivity contribution in [1.29, 1.82) is 0 Å². The first-order chi connectivity index (χ1) is 8.54. The van der Waals surface area contributed by atoms with Crippen LogP contribution in [0.15, 0.2) is 22.7 Å². The molecular formula is C14H20BrFN2. The molecule has 0 aliphatic carbocycles. The summed E-state index contributed by atoms with van der Waals surface area (Å²) in [6.45, 7) is 7.14. The fourth-order valence-corrected chi connectivity index (χ4v) is 2.73. The maximum atomic E-state index is 14.0. The lowest BCUT2D eigenvalue weighted by atomic mass is 9.98. The molecular weight excluding hydrogens is 295 g/mol. The molecule has 1 atom stereocenters. The molecule has 18 heavy (non-hydrogen) atoms. The molecule has 4 heteroatoms. The highest BCUT2D eigenvalue weighted by Gasteiger charge is 2.28. The van der Waals surface area contributed by atoms with Gasteiger partial charge in [0.2, 0.25) is 0 Å². The number of halogens is 2. The Bertz CT molecular complexity index is 424. The van der Waals surface area contributed by atoms with Crippen LogP contribution in [0.4, 0.5) is 10.1 Å². The Hall–Kier alpha value is -0.610. The standard InChI is InChI=1S/C14H20BrFN2/c1-3-14(2)10-18(8-4-7-17-14)13-6-5-11(15)9-12(13)16/h5-6,9,17H,3-4,7-8,10H2,1-2H3. The first-order valence-electron chi connectivity index (χ1n) is 6.49. The molecule has 100 valence electrons. The van der Waals surface area contributed by atoms with Crippen molar-refractivity contribution in [2.45, 2.75) is 32.2 Å². The summed E-state index contributed by atoms with van der Waals surface area (Å²) in [6, 6.07) is 5.30. The van der Waals surface area contributed by atoms with E-state index in [9.17, 15) is 4.39 Å². The second-order valence-electron chi connectivity index (χ2n) is 5.21. The summed E-state index contributed by atoms with van der Waals surface area (Å²) in [7, 11) is 0. The fraction of sp³-hybridized carbons (Fsp3) is 0.571. The van der Waals surface area contributed by atoms with Crippen LogP contribution in [0.3, 0.4) is 0 Å². The topological polar surface area (TPSA) is 15.3 Å². The molecule has 1 aliphatic rings. The van der Waals surface area contributed by atoms with Gasteiger partial charge in [0.1, 0.15) is 5.82 Å². The molecule has 0 amide bonds. The minimum Gasteiger partial charge on any atom is -0.367 e. The van der Waals surface area contributed by atoms with Gasteiger partial charge in [0.05, 0.1) is 5.69 Å². The van der Waals surface area contributed by atoms with E-state index in [1.54, 1.807) is 0 Å². The average molecular weight is 315 g/mol. The number of hydrogen-bond acceptors (Lipinski definition) is 2. The van der Waals surface area contributed by atoms with Crippen molar-refractivity contribution in [2.24, 2.45) is 0 Å². The molecule has 1 aromatic carbocycles. The molecule has 2 nitrogen and oxygen atoms in total. The molecule has 2 rings (SSSR count). The Morgan fingerprint density at radius 1 is 1.50 bits per heavy atom. The second kappa shape index (κ2) is 5.57. The number of rotatable bonds is 2. The summed E-state index contributed by atoms with van der Waals surface area (Å²) < 4.78 is 14.8. The first-order valence-corrected chi connectivity index (χ1v) is 7.28. The van der Waals surface area contributed by atoms with E-state index in [1.807, 2.05) is 12.1 Å². The monoisotopic (exact) mass is 314 g/mol. The number of benzene rings is 1. The summed E-state index contributed by atoms with van der Waals surface area (Å²) in [6.07, 6.45) is 2.09. The highest BCUT2D eigenvalue weighted by atomic mass is 79.9. The summed E-state index contributed by atoms with van der Waals surface area (Å²) in [4.78, 5) is 2.16. The molecule has 0 spiro atoms. The number of hydrogen-bond donors (Lipinski definition) is 1. The second-order valence-corrected chi connectivity index (χ2v) is 6.13. The zero-order chi connectivity index (χ0) is 13.2. The third-order valence-electron chi connectivity index (χ3n) is 3.73. The Morgan fingerprint density at radius 2 is 2.28 bits per heavy atom. The van der Waals surface area contributed by atoms with Crippen LogP contribution in [-0.4, -0.2) is 25.2 Å². The van der Waals surface area contributed by atoms with Gasteiger partial charge >= 0.3 is 0 Å². The maximum Gasteiger partial charge on any atom is 0.147 e. The Morgan fingerprint density at radius 3 is 2.94 bits per heavy atom. The molecule has 0 bridgehead atoms. The smallest absolute Gasteiger partial charge is 0.147 e. The minimum atomic E-state index is -0.148. The normalized spacial score (nSPS) is 25.0. The van der Waals surface area contributed by atoms with Gasteiger partial charge in [-0.05, 0) is 44.5 Å². The van der Waals surface area contributed by atoms with Crippen molar-refractivity contribution in [3.05, 3.63) is 28.5 Å². The van der Waals surface area contributed by atoms with Crippen molar-refractivity contribution in [2.75, 3.05) is 24.5 Å². The van der Waals surface area contributed by atoms with E-state index in [-0.39, 0.29) is 11.4 Å². The van der Waals surface area contributed by atoms with Crippen molar-refractivity contribution < 1.29 is 4.39 Å². The van der Waals surface area contributed by atoms with Gasteiger partial charge in [-0.1, -0.05) is 22.9 Å². The zero-order valence-electron chi connectivity index (χ0n) is 11.0. The Balaban J connectivity index is 2.25. The Kier molecular flexibility index (Phi) is 4.28. The van der Waals surface area contributed by atoms with Gasteiger partial charge in [0.25, 0.3) is 0 Å². The number of nitrogens with zero attached hydrogens (tertiary/aromatic N) is 1. The number of anilines is 1. The molecule has 0 radical (unpaired) electrons. The summed E-state index contributed by atoms with van der Waals surface area (Å²) in [5.74, 6) is -0.148. The van der Waals surface area contributed by atoms with Gasteiger partial charge < -0.3 is 10.2 Å². The maximum absolute atomic E-state index is 14.0. The summed E-state index contributed by atoms with van der Waals surface area (Å²) >= 11 is 3.30. The lowest BCUT2D eigenvalue weighted by Crippen LogP contribution is -2.48. The first kappa shape index (κ1) is 13.8. The van der Waals surface area contributed by atoms with Crippen LogP contribution in [0.5, 0.6) is 0 Å². The zero-order valence-corrected chi connectivity index (χ0v) is 12.6. The summed E-state index contributed by atoms with van der Waals surface area (Å²) in [5.41, 5.74) is 0.775. The molecule has 1 unspecified atom stereocenters. The van der Waals surface area contributed by atoms with Gasteiger partial charge in [-0.3, -0.25) is 0 Å². The van der Waals surface area contributed by atoms with Crippen molar-refractivity contribution >= 4 is 21.6 Å². The van der Waals surface area contributed by atoms with Crippen LogP contribution in [0.1, 0.15) is 26.7 Å². The highest BCUT2D eigenvalue weighted by molar-refractivity contribution is 9.10. The van der Waals surface area contributed by atoms with Crippen LogP contribution in [0, 0.1) is 5.82 Å². The van der Waals surface area contributed by atoms with E-state index in [2.05, 4.69) is 40.0 Å². The minimum absolute atomic E-state index is 0.0655. The van der Waals surface area contributed by atoms with Crippen LogP contribution >= 0.6 is 15.9 Å². The van der Waals surface area contributed by atoms with E-state index >= 15 is 0 Å². The molecule has 1 aromatic rings. The third-order valence-corrected chi connectivity index (χ3v) is 4.22. The van der Waals surface area contributed by atoms with Gasteiger partial charge in [0.15, 0.2) is 0 Å². The van der Waals surface area contributed by atoms with Gasteiger partial charge in [-0.2, -0.15) is 0 Å². The highest BCUT2D eigenvalue weighted by Crippen LogP contribution is 2.26. The summed E-state index contributed by atoms with van der Waals surface area (Å²) in [5, 5.41) is 3.56. The molecule has 1 aliphatic heterocycles. The van der Waals surface area contributed by atoms with Crippen LogP contribution < -0.4 is 10.2 Å². The van der Waals surface area contributed by atoms with Crippen LogP contribution in [0.2, 0.25) is 0 Å².